The number of H-pyrrole nitrogens is 1. The molecule has 0 radical (unpaired) electrons. The van der Waals surface area contributed by atoms with E-state index in [-0.39, 0.29) is 17.9 Å². The average Bonchev–Trinajstić information content (AvgIpc) is 3.06. The second-order valence-electron chi connectivity index (χ2n) is 7.45. The van der Waals surface area contributed by atoms with Gasteiger partial charge >= 0.3 is 5.97 Å². The predicted octanol–water partition coefficient (Wildman–Crippen LogP) is 4.24. The number of nitrogens with one attached hydrogen (secondary N) is 1. The standard InChI is InChI=1S/C23H27N3O2/c1-3-28-23(27)18-10-14-26(15-11-18)22(17-8-12-24-13-9-17)21-16(2)25-20-7-5-4-6-19(20)21/h4-9,12-13,18,22,25H,3,10-11,14-15H2,1-2H3/t22-/m0/s1. The Bertz CT molecular complexity index is 943. The number of likely N-dealkylation sites (tertiary alicyclic amines) is 1. The molecule has 0 unspecified atom stereocenters. The molecule has 0 bridgehead atoms. The van der Waals surface area contributed by atoms with Crippen LogP contribution in [-0.4, -0.2) is 40.5 Å². The third-order valence-electron chi connectivity index (χ3n) is 5.75. The fourth-order valence-electron chi connectivity index (χ4n) is 4.41. The van der Waals surface area contributed by atoms with Gasteiger partial charge in [-0.1, -0.05) is 18.2 Å². The Kier molecular flexibility index (Phi) is 5.44. The van der Waals surface area contributed by atoms with Gasteiger partial charge in [0.15, 0.2) is 0 Å². The van der Waals surface area contributed by atoms with Gasteiger partial charge in [-0.2, -0.15) is 0 Å². The van der Waals surface area contributed by atoms with Crippen LogP contribution in [0.5, 0.6) is 0 Å². The van der Waals surface area contributed by atoms with Gasteiger partial charge in [0.2, 0.25) is 0 Å². The number of hydrogen-bond acceptors (Lipinski definition) is 4. The van der Waals surface area contributed by atoms with E-state index in [4.69, 9.17) is 4.74 Å². The number of rotatable bonds is 5. The lowest BCUT2D eigenvalue weighted by Gasteiger charge is -2.37. The topological polar surface area (TPSA) is 58.2 Å². The molecule has 1 N–H and O–H groups in total. The number of ether oxygens (including phenoxy) is 1. The van der Waals surface area contributed by atoms with Crippen LogP contribution in [0.3, 0.4) is 0 Å². The van der Waals surface area contributed by atoms with Gasteiger partial charge in [-0.25, -0.2) is 0 Å². The number of piperidine rings is 1. The molecule has 28 heavy (non-hydrogen) atoms. The van der Waals surface area contributed by atoms with Gasteiger partial charge in [0.1, 0.15) is 0 Å². The summed E-state index contributed by atoms with van der Waals surface area (Å²) in [6.45, 7) is 6.21. The van der Waals surface area contributed by atoms with Crippen molar-refractivity contribution >= 4 is 16.9 Å². The zero-order valence-corrected chi connectivity index (χ0v) is 16.5. The SMILES string of the molecule is CCOC(=O)C1CCN([C@@H](c2ccncc2)c2c(C)[nH]c3ccccc23)CC1. The van der Waals surface area contributed by atoms with Crippen LogP contribution >= 0.6 is 0 Å². The Labute approximate surface area is 165 Å². The summed E-state index contributed by atoms with van der Waals surface area (Å²) < 4.78 is 5.24. The maximum absolute atomic E-state index is 12.1. The molecule has 1 aliphatic rings. The summed E-state index contributed by atoms with van der Waals surface area (Å²) in [4.78, 5) is 22.4. The van der Waals surface area contributed by atoms with Crippen LogP contribution in [0.25, 0.3) is 10.9 Å². The van der Waals surface area contributed by atoms with E-state index in [2.05, 4.69) is 58.2 Å². The Hall–Kier alpha value is -2.66. The van der Waals surface area contributed by atoms with Gasteiger partial charge in [-0.05, 0) is 63.5 Å². The third-order valence-corrected chi connectivity index (χ3v) is 5.75. The number of para-hydroxylation sites is 1. The van der Waals surface area contributed by atoms with Crippen molar-refractivity contribution in [2.24, 2.45) is 5.92 Å². The molecule has 2 aromatic heterocycles. The Morgan fingerprint density at radius 3 is 2.64 bits per heavy atom. The van der Waals surface area contributed by atoms with Gasteiger partial charge in [0, 0.05) is 34.6 Å². The summed E-state index contributed by atoms with van der Waals surface area (Å²) in [5.74, 6) is -0.0377. The minimum absolute atomic E-state index is 0.0124. The lowest BCUT2D eigenvalue weighted by Crippen LogP contribution is -2.39. The van der Waals surface area contributed by atoms with Crippen molar-refractivity contribution in [3.8, 4) is 0 Å². The number of fused-ring (bicyclic) bond motifs is 1. The number of hydrogen-bond donors (Lipinski definition) is 1. The van der Waals surface area contributed by atoms with E-state index in [1.54, 1.807) is 0 Å². The highest BCUT2D eigenvalue weighted by molar-refractivity contribution is 5.85. The summed E-state index contributed by atoms with van der Waals surface area (Å²) >= 11 is 0. The summed E-state index contributed by atoms with van der Waals surface area (Å²) in [5, 5.41) is 1.26. The van der Waals surface area contributed by atoms with Crippen molar-refractivity contribution in [3.63, 3.8) is 0 Å². The van der Waals surface area contributed by atoms with E-state index in [1.165, 1.54) is 22.2 Å². The van der Waals surface area contributed by atoms with E-state index < -0.39 is 0 Å². The van der Waals surface area contributed by atoms with E-state index in [0.29, 0.717) is 6.61 Å². The highest BCUT2D eigenvalue weighted by atomic mass is 16.5. The predicted molar refractivity (Wildman–Crippen MR) is 110 cm³/mol. The van der Waals surface area contributed by atoms with Crippen molar-refractivity contribution in [1.29, 1.82) is 0 Å². The molecule has 0 aliphatic carbocycles. The first kappa shape index (κ1) is 18.7. The fraction of sp³-hybridized carbons (Fsp3) is 0.391. The van der Waals surface area contributed by atoms with Crippen LogP contribution in [0.15, 0.2) is 48.8 Å². The number of carbonyl (C=O) groups is 1. The van der Waals surface area contributed by atoms with E-state index in [1.807, 2.05) is 19.3 Å². The molecule has 1 fully saturated rings. The largest absolute Gasteiger partial charge is 0.466 e. The van der Waals surface area contributed by atoms with Crippen molar-refractivity contribution in [1.82, 2.24) is 14.9 Å². The van der Waals surface area contributed by atoms with Gasteiger partial charge in [-0.15, -0.1) is 0 Å². The maximum Gasteiger partial charge on any atom is 0.309 e. The lowest BCUT2D eigenvalue weighted by atomic mass is 9.90. The average molecular weight is 377 g/mol. The van der Waals surface area contributed by atoms with Crippen LogP contribution in [0.2, 0.25) is 0 Å². The summed E-state index contributed by atoms with van der Waals surface area (Å²) in [7, 11) is 0. The first-order chi connectivity index (χ1) is 13.7. The Balaban J connectivity index is 1.68. The molecule has 1 aromatic carbocycles. The van der Waals surface area contributed by atoms with E-state index in [9.17, 15) is 4.79 Å². The van der Waals surface area contributed by atoms with Crippen LogP contribution < -0.4 is 0 Å². The number of benzene rings is 1. The summed E-state index contributed by atoms with van der Waals surface area (Å²) in [6, 6.07) is 12.8. The highest BCUT2D eigenvalue weighted by Crippen LogP contribution is 2.38. The van der Waals surface area contributed by atoms with Gasteiger partial charge in [-0.3, -0.25) is 14.7 Å². The number of aromatic amines is 1. The van der Waals surface area contributed by atoms with Crippen molar-refractivity contribution in [2.45, 2.75) is 32.7 Å². The van der Waals surface area contributed by atoms with Crippen molar-refractivity contribution in [2.75, 3.05) is 19.7 Å². The van der Waals surface area contributed by atoms with Crippen LogP contribution in [-0.2, 0) is 9.53 Å². The summed E-state index contributed by atoms with van der Waals surface area (Å²) in [6.07, 6.45) is 5.39. The van der Waals surface area contributed by atoms with Crippen LogP contribution in [0, 0.1) is 12.8 Å². The molecule has 5 nitrogen and oxygen atoms in total. The molecule has 1 aliphatic heterocycles. The maximum atomic E-state index is 12.1. The fourth-order valence-corrected chi connectivity index (χ4v) is 4.41. The highest BCUT2D eigenvalue weighted by Gasteiger charge is 2.32. The first-order valence-corrected chi connectivity index (χ1v) is 10.1. The molecule has 4 rings (SSSR count). The smallest absolute Gasteiger partial charge is 0.309 e. The van der Waals surface area contributed by atoms with Crippen molar-refractivity contribution in [3.05, 3.63) is 65.6 Å². The number of carbonyl (C=O) groups excluding carboxylic acids is 1. The number of nitrogens with zero attached hydrogens (tertiary/aromatic N) is 2. The molecular weight excluding hydrogens is 350 g/mol. The number of aromatic nitrogens is 2. The van der Waals surface area contributed by atoms with E-state index in [0.717, 1.165) is 31.4 Å². The molecule has 146 valence electrons. The van der Waals surface area contributed by atoms with Crippen LogP contribution in [0.1, 0.15) is 42.6 Å². The monoisotopic (exact) mass is 377 g/mol. The number of pyridine rings is 1. The second-order valence-corrected chi connectivity index (χ2v) is 7.45. The number of aryl methyl sites for hydroxylation is 1. The molecule has 3 aromatic rings. The molecule has 0 spiro atoms. The minimum atomic E-state index is -0.0501. The molecule has 0 saturated carbocycles. The van der Waals surface area contributed by atoms with Gasteiger partial charge in [0.05, 0.1) is 18.6 Å². The Morgan fingerprint density at radius 2 is 1.93 bits per heavy atom. The lowest BCUT2D eigenvalue weighted by molar-refractivity contribution is -0.149. The van der Waals surface area contributed by atoms with Gasteiger partial charge < -0.3 is 9.72 Å². The minimum Gasteiger partial charge on any atom is -0.466 e. The Morgan fingerprint density at radius 1 is 1.21 bits per heavy atom. The van der Waals surface area contributed by atoms with Crippen molar-refractivity contribution < 1.29 is 9.53 Å². The molecular formula is C23H27N3O2. The molecule has 0 amide bonds. The van der Waals surface area contributed by atoms with Crippen LogP contribution in [0.4, 0.5) is 0 Å². The third kappa shape index (κ3) is 3.54. The quantitative estimate of drug-likeness (QED) is 0.676. The normalized spacial score (nSPS) is 16.9. The number of esters is 1. The zero-order chi connectivity index (χ0) is 19.5. The summed E-state index contributed by atoms with van der Waals surface area (Å²) in [5.41, 5.74) is 4.90. The second kappa shape index (κ2) is 8.15. The molecule has 1 saturated heterocycles. The van der Waals surface area contributed by atoms with Gasteiger partial charge in [0.25, 0.3) is 0 Å². The van der Waals surface area contributed by atoms with E-state index >= 15 is 0 Å². The molecule has 3 heterocycles. The zero-order valence-electron chi connectivity index (χ0n) is 16.5. The first-order valence-electron chi connectivity index (χ1n) is 10.1. The molecule has 5 heteroatoms. The molecule has 1 atom stereocenters.